The van der Waals surface area contributed by atoms with Crippen LogP contribution in [-0.4, -0.2) is 12.7 Å². The normalized spacial score (nSPS) is 13.0. The van der Waals surface area contributed by atoms with E-state index in [9.17, 15) is 4.79 Å². The molecule has 4 nitrogen and oxygen atoms in total. The van der Waals surface area contributed by atoms with E-state index < -0.39 is 6.09 Å². The number of ether oxygens (including phenoxy) is 1. The van der Waals surface area contributed by atoms with Crippen molar-refractivity contribution in [2.75, 3.05) is 11.9 Å². The number of hydrogen-bond acceptors (Lipinski definition) is 3. The Morgan fingerprint density at radius 1 is 1.50 bits per heavy atom. The predicted octanol–water partition coefficient (Wildman–Crippen LogP) is 2.02. The summed E-state index contributed by atoms with van der Waals surface area (Å²) in [6, 6.07) is 5.85. The quantitative estimate of drug-likeness (QED) is 0.763. The first-order valence-corrected chi connectivity index (χ1v) is 5.17. The first-order valence-electron chi connectivity index (χ1n) is 5.17. The van der Waals surface area contributed by atoms with Crippen molar-refractivity contribution in [3.63, 3.8) is 0 Å². The molecule has 1 aromatic carbocycles. The van der Waals surface area contributed by atoms with Crippen LogP contribution >= 0.6 is 0 Å². The average molecular weight is 218 g/mol. The molecule has 1 heterocycles. The van der Waals surface area contributed by atoms with Crippen molar-refractivity contribution in [1.29, 1.82) is 0 Å². The molecular formula is C12H14N2O2. The molecular weight excluding hydrogens is 204 g/mol. The minimum absolute atomic E-state index is 0.221. The Morgan fingerprint density at radius 3 is 3.12 bits per heavy atom. The lowest BCUT2D eigenvalue weighted by Gasteiger charge is -2.06. The van der Waals surface area contributed by atoms with Crippen molar-refractivity contribution in [3.8, 4) is 0 Å². The number of fused-ring (bicyclic) bond motifs is 1. The van der Waals surface area contributed by atoms with Crippen molar-refractivity contribution in [2.45, 2.75) is 13.1 Å². The largest absolute Gasteiger partial charge is 0.445 e. The molecule has 1 aromatic rings. The second-order valence-corrected chi connectivity index (χ2v) is 3.60. The van der Waals surface area contributed by atoms with Gasteiger partial charge < -0.3 is 10.1 Å². The van der Waals surface area contributed by atoms with Crippen LogP contribution in [0.1, 0.15) is 11.1 Å². The number of carbonyl (C=O) groups is 1. The van der Waals surface area contributed by atoms with E-state index >= 15 is 0 Å². The summed E-state index contributed by atoms with van der Waals surface area (Å²) in [5, 5.41) is 5.92. The van der Waals surface area contributed by atoms with E-state index in [0.29, 0.717) is 0 Å². The highest BCUT2D eigenvalue weighted by atomic mass is 16.5. The van der Waals surface area contributed by atoms with E-state index in [-0.39, 0.29) is 6.61 Å². The van der Waals surface area contributed by atoms with Crippen molar-refractivity contribution in [3.05, 3.63) is 42.0 Å². The number of carbonyl (C=O) groups excluding carboxylic acids is 1. The molecule has 84 valence electrons. The Balaban J connectivity index is 1.99. The first-order chi connectivity index (χ1) is 7.79. The van der Waals surface area contributed by atoms with Gasteiger partial charge in [0.1, 0.15) is 6.61 Å². The number of benzene rings is 1. The van der Waals surface area contributed by atoms with Crippen molar-refractivity contribution < 1.29 is 9.53 Å². The third-order valence-electron chi connectivity index (χ3n) is 2.42. The molecule has 2 rings (SSSR count). The van der Waals surface area contributed by atoms with Gasteiger partial charge in [0.15, 0.2) is 0 Å². The van der Waals surface area contributed by atoms with E-state index in [1.165, 1.54) is 17.2 Å². The zero-order valence-electron chi connectivity index (χ0n) is 8.95. The summed E-state index contributed by atoms with van der Waals surface area (Å²) in [5.74, 6) is 0. The number of hydrogen-bond donors (Lipinski definition) is 2. The Labute approximate surface area is 94.3 Å². The van der Waals surface area contributed by atoms with E-state index in [2.05, 4.69) is 17.2 Å². The molecule has 0 bridgehead atoms. The van der Waals surface area contributed by atoms with Gasteiger partial charge in [0.25, 0.3) is 0 Å². The van der Waals surface area contributed by atoms with E-state index in [0.717, 1.165) is 18.8 Å². The lowest BCUT2D eigenvalue weighted by atomic mass is 10.1. The summed E-state index contributed by atoms with van der Waals surface area (Å²) in [7, 11) is 0. The van der Waals surface area contributed by atoms with Crippen LogP contribution in [0.3, 0.4) is 0 Å². The van der Waals surface area contributed by atoms with Crippen LogP contribution in [0.4, 0.5) is 10.5 Å². The van der Waals surface area contributed by atoms with Gasteiger partial charge in [-0.25, -0.2) is 4.79 Å². The molecule has 0 atom stereocenters. The van der Waals surface area contributed by atoms with Gasteiger partial charge in [-0.3, -0.25) is 5.32 Å². The highest BCUT2D eigenvalue weighted by molar-refractivity contribution is 5.84. The fraction of sp³-hybridized carbons (Fsp3) is 0.250. The van der Waals surface area contributed by atoms with Crippen LogP contribution in [0.2, 0.25) is 0 Å². The molecule has 0 unspecified atom stereocenters. The van der Waals surface area contributed by atoms with Gasteiger partial charge >= 0.3 is 6.09 Å². The molecule has 0 saturated carbocycles. The lowest BCUT2D eigenvalue weighted by molar-refractivity contribution is 0.174. The maximum atomic E-state index is 11.3. The molecule has 1 amide bonds. The molecule has 16 heavy (non-hydrogen) atoms. The maximum absolute atomic E-state index is 11.3. The van der Waals surface area contributed by atoms with Crippen LogP contribution in [0.15, 0.2) is 30.9 Å². The van der Waals surface area contributed by atoms with E-state index in [4.69, 9.17) is 4.74 Å². The molecule has 2 N–H and O–H groups in total. The molecule has 0 spiro atoms. The summed E-state index contributed by atoms with van der Waals surface area (Å²) in [6.07, 6.45) is 1.08. The van der Waals surface area contributed by atoms with Gasteiger partial charge in [0.2, 0.25) is 0 Å². The van der Waals surface area contributed by atoms with Crippen LogP contribution < -0.4 is 10.6 Å². The Hall–Kier alpha value is -1.81. The Bertz CT molecular complexity index is 415. The maximum Gasteiger partial charge on any atom is 0.411 e. The van der Waals surface area contributed by atoms with Crippen LogP contribution in [0.25, 0.3) is 0 Å². The Kier molecular flexibility index (Phi) is 3.22. The van der Waals surface area contributed by atoms with Crippen molar-refractivity contribution >= 4 is 11.8 Å². The lowest BCUT2D eigenvalue weighted by Crippen LogP contribution is -2.13. The molecule has 1 aliphatic rings. The average Bonchev–Trinajstić information content (AvgIpc) is 2.73. The van der Waals surface area contributed by atoms with Gasteiger partial charge in [0, 0.05) is 18.8 Å². The molecule has 0 fully saturated rings. The number of amides is 1. The SMILES string of the molecule is C=CCOC(=O)Nc1ccc2c(c1)CNC2. The number of rotatable bonds is 3. The summed E-state index contributed by atoms with van der Waals surface area (Å²) in [5.41, 5.74) is 3.27. The zero-order valence-corrected chi connectivity index (χ0v) is 8.95. The highest BCUT2D eigenvalue weighted by Gasteiger charge is 2.11. The number of nitrogens with one attached hydrogen (secondary N) is 2. The molecule has 0 saturated heterocycles. The number of anilines is 1. The molecule has 0 aromatic heterocycles. The smallest absolute Gasteiger partial charge is 0.411 e. The molecule has 4 heteroatoms. The topological polar surface area (TPSA) is 50.4 Å². The van der Waals surface area contributed by atoms with Gasteiger partial charge in [-0.05, 0) is 23.3 Å². The minimum Gasteiger partial charge on any atom is -0.445 e. The summed E-state index contributed by atoms with van der Waals surface area (Å²) in [6.45, 7) is 5.45. The second kappa shape index (κ2) is 4.81. The monoisotopic (exact) mass is 218 g/mol. The minimum atomic E-state index is -0.453. The fourth-order valence-corrected chi connectivity index (χ4v) is 1.66. The van der Waals surface area contributed by atoms with Crippen LogP contribution in [-0.2, 0) is 17.8 Å². The molecule has 1 aliphatic heterocycles. The van der Waals surface area contributed by atoms with Gasteiger partial charge in [0.05, 0.1) is 0 Å². The standard InChI is InChI=1S/C12H14N2O2/c1-2-5-16-12(15)14-11-4-3-9-7-13-8-10(9)6-11/h2-4,6,13H,1,5,7-8H2,(H,14,15). The zero-order chi connectivity index (χ0) is 11.4. The highest BCUT2D eigenvalue weighted by Crippen LogP contribution is 2.19. The predicted molar refractivity (Wildman–Crippen MR) is 62.2 cm³/mol. The molecule has 0 radical (unpaired) electrons. The fourth-order valence-electron chi connectivity index (χ4n) is 1.66. The third kappa shape index (κ3) is 2.41. The molecule has 0 aliphatic carbocycles. The van der Waals surface area contributed by atoms with Gasteiger partial charge in [-0.1, -0.05) is 18.7 Å². The summed E-state index contributed by atoms with van der Waals surface area (Å²) < 4.78 is 4.83. The van der Waals surface area contributed by atoms with E-state index in [1.807, 2.05) is 18.2 Å². The van der Waals surface area contributed by atoms with E-state index in [1.54, 1.807) is 0 Å². The second-order valence-electron chi connectivity index (χ2n) is 3.60. The first kappa shape index (κ1) is 10.7. The van der Waals surface area contributed by atoms with Crippen molar-refractivity contribution in [2.24, 2.45) is 0 Å². The van der Waals surface area contributed by atoms with Crippen molar-refractivity contribution in [1.82, 2.24) is 5.32 Å². The third-order valence-corrected chi connectivity index (χ3v) is 2.42. The van der Waals surface area contributed by atoms with Crippen LogP contribution in [0, 0.1) is 0 Å². The summed E-state index contributed by atoms with van der Waals surface area (Å²) in [4.78, 5) is 11.3. The Morgan fingerprint density at radius 2 is 2.31 bits per heavy atom. The van der Waals surface area contributed by atoms with Crippen LogP contribution in [0.5, 0.6) is 0 Å². The van der Waals surface area contributed by atoms with Gasteiger partial charge in [-0.2, -0.15) is 0 Å². The summed E-state index contributed by atoms with van der Waals surface area (Å²) >= 11 is 0. The van der Waals surface area contributed by atoms with Gasteiger partial charge in [-0.15, -0.1) is 0 Å².